The number of quaternary nitrogens is 1. The predicted molar refractivity (Wildman–Crippen MR) is 42.7 cm³/mol. The van der Waals surface area contributed by atoms with E-state index in [1.807, 2.05) is 0 Å². The number of hydrogen-bond donors (Lipinski definition) is 0. The molecule has 2 saturated heterocycles. The summed E-state index contributed by atoms with van der Waals surface area (Å²) in [5.74, 6) is 1.07. The normalized spacial score (nSPS) is 43.8. The summed E-state index contributed by atoms with van der Waals surface area (Å²) in [6, 6.07) is 1.00. The molecule has 3 fully saturated rings. The van der Waals surface area contributed by atoms with Crippen LogP contribution in [0, 0.1) is 5.92 Å². The van der Waals surface area contributed by atoms with Gasteiger partial charge in [-0.05, 0) is 25.7 Å². The zero-order chi connectivity index (χ0) is 7.19. The molecule has 0 radical (unpaired) electrons. The lowest BCUT2D eigenvalue weighted by molar-refractivity contribution is -0.929. The molecule has 1 heteroatoms. The average Bonchev–Trinajstić information content (AvgIpc) is 1.87. The second-order valence-corrected chi connectivity index (χ2v) is 4.64. The van der Waals surface area contributed by atoms with Gasteiger partial charge in [-0.1, -0.05) is 0 Å². The lowest BCUT2D eigenvalue weighted by atomic mass is 9.79. The van der Waals surface area contributed by atoms with Crippen molar-refractivity contribution in [2.45, 2.75) is 31.7 Å². The smallest absolute Gasteiger partial charge is 0.0886 e. The van der Waals surface area contributed by atoms with Crippen LogP contribution in [0.3, 0.4) is 0 Å². The summed E-state index contributed by atoms with van der Waals surface area (Å²) in [5, 5.41) is 0. The molecule has 2 aliphatic heterocycles. The van der Waals surface area contributed by atoms with Crippen LogP contribution in [0.25, 0.3) is 0 Å². The van der Waals surface area contributed by atoms with Crippen LogP contribution in [-0.2, 0) is 0 Å². The van der Waals surface area contributed by atoms with Gasteiger partial charge < -0.3 is 4.48 Å². The molecular weight excluding hydrogens is 122 g/mol. The van der Waals surface area contributed by atoms with Crippen LogP contribution in [0.4, 0.5) is 0 Å². The molecule has 0 unspecified atom stereocenters. The minimum atomic E-state index is 1.00. The molecule has 0 aromatic heterocycles. The second kappa shape index (κ2) is 1.97. The van der Waals surface area contributed by atoms with E-state index in [4.69, 9.17) is 0 Å². The molecule has 2 bridgehead atoms. The van der Waals surface area contributed by atoms with E-state index >= 15 is 0 Å². The van der Waals surface area contributed by atoms with Gasteiger partial charge in [-0.2, -0.15) is 0 Å². The van der Waals surface area contributed by atoms with Crippen molar-refractivity contribution in [2.75, 3.05) is 20.6 Å². The third kappa shape index (κ3) is 0.878. The minimum Gasteiger partial charge on any atom is -0.326 e. The van der Waals surface area contributed by atoms with Crippen molar-refractivity contribution in [1.29, 1.82) is 0 Å². The Morgan fingerprint density at radius 1 is 1.00 bits per heavy atom. The van der Waals surface area contributed by atoms with Gasteiger partial charge in [0.15, 0.2) is 0 Å². The van der Waals surface area contributed by atoms with E-state index in [2.05, 4.69) is 14.1 Å². The highest BCUT2D eigenvalue weighted by molar-refractivity contribution is 4.78. The first-order chi connectivity index (χ1) is 4.68. The molecule has 0 atom stereocenters. The first-order valence-corrected chi connectivity index (χ1v) is 4.51. The van der Waals surface area contributed by atoms with Crippen LogP contribution < -0.4 is 0 Å². The lowest BCUT2D eigenvalue weighted by Gasteiger charge is -2.49. The van der Waals surface area contributed by atoms with Gasteiger partial charge in [0.25, 0.3) is 0 Å². The molecule has 1 nitrogen and oxygen atoms in total. The third-order valence-electron chi connectivity index (χ3n) is 3.53. The van der Waals surface area contributed by atoms with E-state index in [9.17, 15) is 0 Å². The van der Waals surface area contributed by atoms with Gasteiger partial charge in [-0.3, -0.25) is 0 Å². The third-order valence-corrected chi connectivity index (χ3v) is 3.53. The Hall–Kier alpha value is -0.0400. The average molecular weight is 140 g/mol. The zero-order valence-corrected chi connectivity index (χ0v) is 7.14. The molecular formula is C9H18N+. The van der Waals surface area contributed by atoms with Crippen molar-refractivity contribution >= 4 is 0 Å². The molecule has 1 saturated carbocycles. The van der Waals surface area contributed by atoms with E-state index in [0.29, 0.717) is 0 Å². The van der Waals surface area contributed by atoms with Gasteiger partial charge in [-0.25, -0.2) is 0 Å². The molecule has 3 aliphatic rings. The van der Waals surface area contributed by atoms with Crippen LogP contribution in [0.15, 0.2) is 0 Å². The van der Waals surface area contributed by atoms with Crippen molar-refractivity contribution < 1.29 is 4.48 Å². The summed E-state index contributed by atoms with van der Waals surface area (Å²) in [6.45, 7) is 1.45. The summed E-state index contributed by atoms with van der Waals surface area (Å²) in [6.07, 6.45) is 6.04. The van der Waals surface area contributed by atoms with Gasteiger partial charge in [0.05, 0.1) is 26.7 Å². The summed E-state index contributed by atoms with van der Waals surface area (Å²) in [5.41, 5.74) is 0. The fourth-order valence-electron chi connectivity index (χ4n) is 2.84. The van der Waals surface area contributed by atoms with Crippen molar-refractivity contribution in [3.63, 3.8) is 0 Å². The molecule has 2 heterocycles. The Kier molecular flexibility index (Phi) is 1.31. The standard InChI is InChI=1S/C9H18N/c1-10(2)7-8-3-5-9(10)6-4-8/h8-9H,3-7H2,1-2H3/q+1. The van der Waals surface area contributed by atoms with Crippen LogP contribution in [0.1, 0.15) is 25.7 Å². The Balaban J connectivity index is 2.15. The Bertz CT molecular complexity index is 132. The van der Waals surface area contributed by atoms with E-state index in [1.54, 1.807) is 0 Å². The SMILES string of the molecule is C[N+]1(C)CC2CCC1CC2. The molecule has 10 heavy (non-hydrogen) atoms. The van der Waals surface area contributed by atoms with Crippen molar-refractivity contribution in [1.82, 2.24) is 0 Å². The quantitative estimate of drug-likeness (QED) is 0.449. The van der Waals surface area contributed by atoms with Gasteiger partial charge in [0, 0.05) is 5.92 Å². The number of nitrogens with zero attached hydrogens (tertiary/aromatic N) is 1. The van der Waals surface area contributed by atoms with E-state index in [1.165, 1.54) is 36.7 Å². The van der Waals surface area contributed by atoms with Gasteiger partial charge in [-0.15, -0.1) is 0 Å². The Labute approximate surface area is 63.6 Å². The zero-order valence-electron chi connectivity index (χ0n) is 7.14. The highest BCUT2D eigenvalue weighted by atomic mass is 15.3. The second-order valence-electron chi connectivity index (χ2n) is 4.64. The van der Waals surface area contributed by atoms with Crippen molar-refractivity contribution in [3.8, 4) is 0 Å². The van der Waals surface area contributed by atoms with E-state index < -0.39 is 0 Å². The molecule has 58 valence electrons. The maximum atomic E-state index is 2.40. The highest BCUT2D eigenvalue weighted by Crippen LogP contribution is 2.37. The lowest BCUT2D eigenvalue weighted by Crippen LogP contribution is -2.58. The summed E-state index contributed by atoms with van der Waals surface area (Å²) in [7, 11) is 4.80. The number of piperidine rings is 2. The Morgan fingerprint density at radius 2 is 1.60 bits per heavy atom. The van der Waals surface area contributed by atoms with Gasteiger partial charge in [0.2, 0.25) is 0 Å². The van der Waals surface area contributed by atoms with Crippen LogP contribution in [-0.4, -0.2) is 31.2 Å². The first kappa shape index (κ1) is 6.66. The Morgan fingerprint density at radius 3 is 1.80 bits per heavy atom. The van der Waals surface area contributed by atoms with Gasteiger partial charge >= 0.3 is 0 Å². The number of hydrogen-bond acceptors (Lipinski definition) is 0. The van der Waals surface area contributed by atoms with Crippen molar-refractivity contribution in [3.05, 3.63) is 0 Å². The van der Waals surface area contributed by atoms with Crippen molar-refractivity contribution in [2.24, 2.45) is 5.92 Å². The number of rotatable bonds is 0. The van der Waals surface area contributed by atoms with Crippen LogP contribution >= 0.6 is 0 Å². The molecule has 0 aromatic carbocycles. The predicted octanol–water partition coefficient (Wildman–Crippen LogP) is 1.64. The topological polar surface area (TPSA) is 0 Å². The summed E-state index contributed by atoms with van der Waals surface area (Å²) < 4.78 is 1.31. The largest absolute Gasteiger partial charge is 0.326 e. The highest BCUT2D eigenvalue weighted by Gasteiger charge is 2.40. The molecule has 3 rings (SSSR count). The fourth-order valence-corrected chi connectivity index (χ4v) is 2.84. The molecule has 0 amide bonds. The van der Waals surface area contributed by atoms with Crippen LogP contribution in [0.5, 0.6) is 0 Å². The van der Waals surface area contributed by atoms with E-state index in [0.717, 1.165) is 12.0 Å². The van der Waals surface area contributed by atoms with Gasteiger partial charge in [0.1, 0.15) is 0 Å². The summed E-state index contributed by atoms with van der Waals surface area (Å²) in [4.78, 5) is 0. The first-order valence-electron chi connectivity index (χ1n) is 4.51. The molecule has 0 N–H and O–H groups in total. The minimum absolute atomic E-state index is 1.00. The molecule has 0 spiro atoms. The van der Waals surface area contributed by atoms with E-state index in [-0.39, 0.29) is 0 Å². The number of fused-ring (bicyclic) bond motifs is 3. The maximum absolute atomic E-state index is 2.40. The monoisotopic (exact) mass is 140 g/mol. The van der Waals surface area contributed by atoms with Crippen LogP contribution in [0.2, 0.25) is 0 Å². The summed E-state index contributed by atoms with van der Waals surface area (Å²) >= 11 is 0. The maximum Gasteiger partial charge on any atom is 0.0886 e. The molecule has 0 aromatic rings. The fraction of sp³-hybridized carbons (Fsp3) is 1.00. The molecule has 1 aliphatic carbocycles.